The van der Waals surface area contributed by atoms with Crippen molar-refractivity contribution in [1.82, 2.24) is 24.5 Å². The molecule has 1 aliphatic heterocycles. The van der Waals surface area contributed by atoms with Gasteiger partial charge < -0.3 is 9.80 Å². The molecule has 1 saturated heterocycles. The zero-order chi connectivity index (χ0) is 19.8. The first-order valence-corrected chi connectivity index (χ1v) is 10.6. The van der Waals surface area contributed by atoms with Gasteiger partial charge in [-0.1, -0.05) is 29.5 Å². The van der Waals surface area contributed by atoms with Crippen molar-refractivity contribution in [2.45, 2.75) is 18.8 Å². The summed E-state index contributed by atoms with van der Waals surface area (Å²) in [4.78, 5) is 21.4. The SMILES string of the molecule is CN(CC(=O)N1CCC(c2nnc3ccccn23)CC1)c1nc2ccccc2s1. The number of hydrogen-bond acceptors (Lipinski definition) is 6. The topological polar surface area (TPSA) is 66.6 Å². The third kappa shape index (κ3) is 3.44. The monoisotopic (exact) mass is 406 g/mol. The van der Waals surface area contributed by atoms with Crippen LogP contribution in [-0.4, -0.2) is 57.1 Å². The molecular formula is C21H22N6OS. The van der Waals surface area contributed by atoms with E-state index in [4.69, 9.17) is 0 Å². The molecule has 0 radical (unpaired) electrons. The fourth-order valence-electron chi connectivity index (χ4n) is 3.92. The highest BCUT2D eigenvalue weighted by atomic mass is 32.1. The van der Waals surface area contributed by atoms with Gasteiger partial charge in [0, 0.05) is 32.3 Å². The number of nitrogens with zero attached hydrogens (tertiary/aromatic N) is 6. The largest absolute Gasteiger partial charge is 0.342 e. The fourth-order valence-corrected chi connectivity index (χ4v) is 4.85. The van der Waals surface area contributed by atoms with Crippen LogP contribution < -0.4 is 4.90 Å². The van der Waals surface area contributed by atoms with E-state index in [1.807, 2.05) is 59.4 Å². The lowest BCUT2D eigenvalue weighted by Gasteiger charge is -2.32. The summed E-state index contributed by atoms with van der Waals surface area (Å²) in [6.45, 7) is 1.84. The van der Waals surface area contributed by atoms with Crippen LogP contribution in [0.3, 0.4) is 0 Å². The summed E-state index contributed by atoms with van der Waals surface area (Å²) in [6.07, 6.45) is 3.83. The van der Waals surface area contributed by atoms with Gasteiger partial charge in [0.25, 0.3) is 0 Å². The molecule has 148 valence electrons. The van der Waals surface area contributed by atoms with Crippen LogP contribution >= 0.6 is 11.3 Å². The van der Waals surface area contributed by atoms with Gasteiger partial charge in [-0.25, -0.2) is 4.98 Å². The molecule has 1 aromatic carbocycles. The second kappa shape index (κ2) is 7.44. The zero-order valence-corrected chi connectivity index (χ0v) is 17.0. The Kier molecular flexibility index (Phi) is 4.63. The first-order chi connectivity index (χ1) is 14.2. The lowest BCUT2D eigenvalue weighted by molar-refractivity contribution is -0.130. The molecule has 29 heavy (non-hydrogen) atoms. The molecule has 0 spiro atoms. The number of fused-ring (bicyclic) bond motifs is 2. The molecule has 4 heterocycles. The summed E-state index contributed by atoms with van der Waals surface area (Å²) >= 11 is 1.62. The lowest BCUT2D eigenvalue weighted by atomic mass is 9.96. The molecule has 0 saturated carbocycles. The highest BCUT2D eigenvalue weighted by Crippen LogP contribution is 2.29. The summed E-state index contributed by atoms with van der Waals surface area (Å²) in [5.41, 5.74) is 1.85. The molecule has 8 heteroatoms. The van der Waals surface area contributed by atoms with Crippen LogP contribution in [0.25, 0.3) is 15.9 Å². The number of pyridine rings is 1. The van der Waals surface area contributed by atoms with E-state index in [0.717, 1.165) is 52.8 Å². The molecule has 0 aliphatic carbocycles. The second-order valence-corrected chi connectivity index (χ2v) is 8.47. The van der Waals surface area contributed by atoms with Gasteiger partial charge in [0.05, 0.1) is 16.8 Å². The highest BCUT2D eigenvalue weighted by Gasteiger charge is 2.27. The Bertz CT molecular complexity index is 1130. The summed E-state index contributed by atoms with van der Waals surface area (Å²) in [6, 6.07) is 14.0. The molecule has 0 bridgehead atoms. The van der Waals surface area contributed by atoms with Crippen LogP contribution in [0.2, 0.25) is 0 Å². The Morgan fingerprint density at radius 1 is 1.14 bits per heavy atom. The van der Waals surface area contributed by atoms with E-state index in [1.54, 1.807) is 11.3 Å². The first-order valence-electron chi connectivity index (χ1n) is 9.83. The van der Waals surface area contributed by atoms with Gasteiger partial charge in [-0.05, 0) is 37.1 Å². The van der Waals surface area contributed by atoms with Gasteiger partial charge in [0.2, 0.25) is 5.91 Å². The van der Waals surface area contributed by atoms with E-state index in [-0.39, 0.29) is 5.91 Å². The van der Waals surface area contributed by atoms with E-state index in [2.05, 4.69) is 25.6 Å². The van der Waals surface area contributed by atoms with Crippen LogP contribution in [0.4, 0.5) is 5.13 Å². The van der Waals surface area contributed by atoms with Crippen LogP contribution in [0.1, 0.15) is 24.6 Å². The van der Waals surface area contributed by atoms with Crippen molar-refractivity contribution in [2.75, 3.05) is 31.6 Å². The Morgan fingerprint density at radius 2 is 1.93 bits per heavy atom. The number of anilines is 1. The second-order valence-electron chi connectivity index (χ2n) is 7.46. The Labute approximate surface area is 172 Å². The third-order valence-corrected chi connectivity index (χ3v) is 6.69. The molecular weight excluding hydrogens is 384 g/mol. The number of carbonyl (C=O) groups excluding carboxylic acids is 1. The quantitative estimate of drug-likeness (QED) is 0.521. The molecule has 3 aromatic heterocycles. The minimum Gasteiger partial charge on any atom is -0.342 e. The molecule has 4 aromatic rings. The zero-order valence-electron chi connectivity index (χ0n) is 16.2. The molecule has 0 N–H and O–H groups in total. The number of piperidine rings is 1. The van der Waals surface area contributed by atoms with Crippen molar-refractivity contribution in [3.63, 3.8) is 0 Å². The minimum atomic E-state index is 0.149. The van der Waals surface area contributed by atoms with Crippen molar-refractivity contribution >= 4 is 38.2 Å². The minimum absolute atomic E-state index is 0.149. The van der Waals surface area contributed by atoms with Crippen molar-refractivity contribution in [2.24, 2.45) is 0 Å². The first kappa shape index (κ1) is 18.1. The van der Waals surface area contributed by atoms with Crippen molar-refractivity contribution in [3.05, 3.63) is 54.5 Å². The van der Waals surface area contributed by atoms with E-state index >= 15 is 0 Å². The summed E-state index contributed by atoms with van der Waals surface area (Å²) in [5.74, 6) is 1.48. The van der Waals surface area contributed by atoms with E-state index in [0.29, 0.717) is 12.5 Å². The fraction of sp³-hybridized carbons (Fsp3) is 0.333. The van der Waals surface area contributed by atoms with Gasteiger partial charge in [-0.2, -0.15) is 0 Å². The molecule has 1 fully saturated rings. The van der Waals surface area contributed by atoms with Crippen molar-refractivity contribution < 1.29 is 4.79 Å². The van der Waals surface area contributed by atoms with Crippen molar-refractivity contribution in [3.8, 4) is 0 Å². The molecule has 1 amide bonds. The Morgan fingerprint density at radius 3 is 2.76 bits per heavy atom. The third-order valence-electron chi connectivity index (χ3n) is 5.53. The summed E-state index contributed by atoms with van der Waals surface area (Å²) < 4.78 is 3.20. The van der Waals surface area contributed by atoms with Gasteiger partial charge >= 0.3 is 0 Å². The van der Waals surface area contributed by atoms with Crippen LogP contribution in [0.15, 0.2) is 48.7 Å². The van der Waals surface area contributed by atoms with Gasteiger partial charge in [0.15, 0.2) is 10.8 Å². The van der Waals surface area contributed by atoms with Gasteiger partial charge in [-0.15, -0.1) is 10.2 Å². The maximum absolute atomic E-state index is 12.8. The highest BCUT2D eigenvalue weighted by molar-refractivity contribution is 7.22. The number of likely N-dealkylation sites (N-methyl/N-ethyl adjacent to an activating group) is 1. The number of thiazole rings is 1. The van der Waals surface area contributed by atoms with E-state index < -0.39 is 0 Å². The average Bonchev–Trinajstić information content (AvgIpc) is 3.38. The van der Waals surface area contributed by atoms with Crippen LogP contribution in [0.5, 0.6) is 0 Å². The van der Waals surface area contributed by atoms with Crippen LogP contribution in [0, 0.1) is 0 Å². The number of amides is 1. The number of para-hydroxylation sites is 1. The summed E-state index contributed by atoms with van der Waals surface area (Å²) in [5, 5.41) is 9.53. The maximum Gasteiger partial charge on any atom is 0.242 e. The molecule has 0 unspecified atom stereocenters. The van der Waals surface area contributed by atoms with E-state index in [9.17, 15) is 4.79 Å². The smallest absolute Gasteiger partial charge is 0.242 e. The predicted octanol–water partition coefficient (Wildman–Crippen LogP) is 3.18. The summed E-state index contributed by atoms with van der Waals surface area (Å²) in [7, 11) is 1.94. The van der Waals surface area contributed by atoms with Gasteiger partial charge in [-0.3, -0.25) is 9.20 Å². The molecule has 1 aliphatic rings. The Hall–Kier alpha value is -3.00. The average molecular weight is 407 g/mol. The normalized spacial score (nSPS) is 15.3. The number of aromatic nitrogens is 4. The number of benzene rings is 1. The standard InChI is InChI=1S/C21H22N6OS/c1-25(21-22-16-6-2-3-7-17(16)29-21)14-19(28)26-12-9-15(10-13-26)20-24-23-18-8-4-5-11-27(18)20/h2-8,11,15H,9-10,12-14H2,1H3. The van der Waals surface area contributed by atoms with Crippen molar-refractivity contribution in [1.29, 1.82) is 0 Å². The van der Waals surface area contributed by atoms with Gasteiger partial charge in [0.1, 0.15) is 5.82 Å². The number of hydrogen-bond donors (Lipinski definition) is 0. The predicted molar refractivity (Wildman–Crippen MR) is 114 cm³/mol. The lowest BCUT2D eigenvalue weighted by Crippen LogP contribution is -2.43. The van der Waals surface area contributed by atoms with Crippen LogP contribution in [-0.2, 0) is 4.79 Å². The number of likely N-dealkylation sites (tertiary alicyclic amines) is 1. The number of rotatable bonds is 4. The molecule has 7 nitrogen and oxygen atoms in total. The Balaban J connectivity index is 1.22. The molecule has 5 rings (SSSR count). The maximum atomic E-state index is 12.8. The number of carbonyl (C=O) groups is 1. The molecule has 0 atom stereocenters. The van der Waals surface area contributed by atoms with E-state index in [1.165, 1.54) is 0 Å².